The van der Waals surface area contributed by atoms with E-state index in [4.69, 9.17) is 4.74 Å². The summed E-state index contributed by atoms with van der Waals surface area (Å²) < 4.78 is 7.38. The van der Waals surface area contributed by atoms with Gasteiger partial charge in [-0.2, -0.15) is 0 Å². The normalized spacial score (nSPS) is 27.3. The molecule has 0 radical (unpaired) electrons. The fraction of sp³-hybridized carbons (Fsp3) is 0.625. The number of ether oxygens (including phenoxy) is 1. The minimum absolute atomic E-state index is 0.371. The van der Waals surface area contributed by atoms with E-state index in [2.05, 4.69) is 53.3 Å². The van der Waals surface area contributed by atoms with Crippen LogP contribution < -0.4 is 10.1 Å². The number of benzene rings is 1. The molecule has 0 saturated heterocycles. The van der Waals surface area contributed by atoms with Gasteiger partial charge in [0.2, 0.25) is 0 Å². The van der Waals surface area contributed by atoms with E-state index < -0.39 is 0 Å². The van der Waals surface area contributed by atoms with Crippen LogP contribution in [-0.4, -0.2) is 13.2 Å². The van der Waals surface area contributed by atoms with Gasteiger partial charge >= 0.3 is 0 Å². The third-order valence-electron chi connectivity index (χ3n) is 3.82. The summed E-state index contributed by atoms with van der Waals surface area (Å²) in [5.41, 5.74) is 1.22. The first-order valence-electron chi connectivity index (χ1n) is 7.18. The number of hydrogen-bond acceptors (Lipinski definition) is 2. The van der Waals surface area contributed by atoms with Gasteiger partial charge in [0.05, 0.1) is 6.10 Å². The maximum atomic E-state index is 6.27. The van der Waals surface area contributed by atoms with Gasteiger partial charge in [0.1, 0.15) is 5.75 Å². The highest BCUT2D eigenvalue weighted by atomic mass is 79.9. The zero-order valence-corrected chi connectivity index (χ0v) is 13.7. The minimum Gasteiger partial charge on any atom is -0.490 e. The maximum absolute atomic E-state index is 6.27. The van der Waals surface area contributed by atoms with Crippen LogP contribution in [0.15, 0.2) is 22.7 Å². The van der Waals surface area contributed by atoms with Gasteiger partial charge < -0.3 is 10.1 Å². The van der Waals surface area contributed by atoms with Gasteiger partial charge in [0.25, 0.3) is 0 Å². The summed E-state index contributed by atoms with van der Waals surface area (Å²) in [4.78, 5) is 0. The molecule has 0 heterocycles. The highest BCUT2D eigenvalue weighted by Gasteiger charge is 2.25. The van der Waals surface area contributed by atoms with Crippen molar-refractivity contribution in [2.24, 2.45) is 11.8 Å². The smallest absolute Gasteiger partial charge is 0.124 e. The van der Waals surface area contributed by atoms with E-state index in [0.29, 0.717) is 6.10 Å². The first-order chi connectivity index (χ1) is 9.08. The molecule has 0 amide bonds. The number of nitrogens with one attached hydrogen (secondary N) is 1. The van der Waals surface area contributed by atoms with Crippen LogP contribution in [0, 0.1) is 11.8 Å². The Morgan fingerprint density at radius 2 is 1.89 bits per heavy atom. The molecule has 2 unspecified atom stereocenters. The van der Waals surface area contributed by atoms with Crippen molar-refractivity contribution in [2.75, 3.05) is 7.05 Å². The summed E-state index contributed by atoms with van der Waals surface area (Å²) in [7, 11) is 1.97. The third kappa shape index (κ3) is 4.22. The minimum atomic E-state index is 0.371. The quantitative estimate of drug-likeness (QED) is 0.887. The Morgan fingerprint density at radius 1 is 1.21 bits per heavy atom. The third-order valence-corrected chi connectivity index (χ3v) is 4.31. The number of hydrogen-bond donors (Lipinski definition) is 1. The van der Waals surface area contributed by atoms with Gasteiger partial charge in [0.15, 0.2) is 0 Å². The lowest BCUT2D eigenvalue weighted by atomic mass is 9.82. The molecule has 2 atom stereocenters. The van der Waals surface area contributed by atoms with Crippen LogP contribution in [0.1, 0.15) is 38.7 Å². The molecule has 1 aliphatic carbocycles. The second-order valence-electron chi connectivity index (χ2n) is 5.94. The van der Waals surface area contributed by atoms with Crippen molar-refractivity contribution >= 4 is 15.9 Å². The van der Waals surface area contributed by atoms with E-state index >= 15 is 0 Å². The monoisotopic (exact) mass is 325 g/mol. The molecule has 0 aliphatic heterocycles. The Kier molecular flexibility index (Phi) is 5.28. The van der Waals surface area contributed by atoms with E-state index in [1.165, 1.54) is 24.8 Å². The van der Waals surface area contributed by atoms with Gasteiger partial charge in [-0.1, -0.05) is 29.8 Å². The molecule has 1 N–H and O–H groups in total. The highest BCUT2D eigenvalue weighted by molar-refractivity contribution is 9.10. The summed E-state index contributed by atoms with van der Waals surface area (Å²) >= 11 is 3.53. The Labute approximate surface area is 125 Å². The molecule has 1 aliphatic rings. The van der Waals surface area contributed by atoms with Crippen LogP contribution in [-0.2, 0) is 6.54 Å². The lowest BCUT2D eigenvalue weighted by molar-refractivity contribution is 0.1000. The average molecular weight is 326 g/mol. The van der Waals surface area contributed by atoms with Crippen molar-refractivity contribution < 1.29 is 4.74 Å². The lowest BCUT2D eigenvalue weighted by Crippen LogP contribution is -2.29. The largest absolute Gasteiger partial charge is 0.490 e. The summed E-state index contributed by atoms with van der Waals surface area (Å²) in [5, 5.41) is 3.21. The van der Waals surface area contributed by atoms with Crippen molar-refractivity contribution in [2.45, 2.75) is 45.8 Å². The predicted molar refractivity (Wildman–Crippen MR) is 83.5 cm³/mol. The molecule has 106 valence electrons. The molecule has 1 aromatic rings. The van der Waals surface area contributed by atoms with Crippen LogP contribution in [0.2, 0.25) is 0 Å². The van der Waals surface area contributed by atoms with E-state index in [1.807, 2.05) is 7.05 Å². The molecular weight excluding hydrogens is 302 g/mol. The van der Waals surface area contributed by atoms with Gasteiger partial charge in [-0.25, -0.2) is 0 Å². The van der Waals surface area contributed by atoms with Crippen molar-refractivity contribution in [3.63, 3.8) is 0 Å². The predicted octanol–water partition coefficient (Wildman–Crippen LogP) is 4.37. The molecule has 1 aromatic carbocycles. The summed E-state index contributed by atoms with van der Waals surface area (Å²) in [5.74, 6) is 2.58. The topological polar surface area (TPSA) is 21.3 Å². The summed E-state index contributed by atoms with van der Waals surface area (Å²) in [6.07, 6.45) is 4.07. The molecule has 2 rings (SSSR count). The Bertz CT molecular complexity index is 411. The molecule has 2 nitrogen and oxygen atoms in total. The van der Waals surface area contributed by atoms with E-state index in [1.54, 1.807) is 0 Å². The van der Waals surface area contributed by atoms with E-state index in [9.17, 15) is 0 Å². The second kappa shape index (κ2) is 6.76. The van der Waals surface area contributed by atoms with Crippen LogP contribution in [0.5, 0.6) is 5.75 Å². The lowest BCUT2D eigenvalue weighted by Gasteiger charge is -2.32. The molecule has 0 aromatic heterocycles. The standard InChI is InChI=1S/C16H24BrNO/c1-11-6-12(2)8-15(7-11)19-16-5-4-14(17)9-13(16)10-18-3/h4-5,9,11-12,15,18H,6-8,10H2,1-3H3. The van der Waals surface area contributed by atoms with Crippen LogP contribution in [0.3, 0.4) is 0 Å². The molecular formula is C16H24BrNO. The first kappa shape index (κ1) is 14.9. The van der Waals surface area contributed by atoms with Crippen molar-refractivity contribution in [3.05, 3.63) is 28.2 Å². The van der Waals surface area contributed by atoms with Gasteiger partial charge in [-0.3, -0.25) is 0 Å². The fourth-order valence-electron chi connectivity index (χ4n) is 3.14. The second-order valence-corrected chi connectivity index (χ2v) is 6.86. The molecule has 1 saturated carbocycles. The zero-order chi connectivity index (χ0) is 13.8. The Hall–Kier alpha value is -0.540. The van der Waals surface area contributed by atoms with E-state index in [-0.39, 0.29) is 0 Å². The zero-order valence-electron chi connectivity index (χ0n) is 12.1. The van der Waals surface area contributed by atoms with E-state index in [0.717, 1.165) is 28.6 Å². The number of halogens is 1. The van der Waals surface area contributed by atoms with Crippen molar-refractivity contribution in [1.29, 1.82) is 0 Å². The molecule has 1 fully saturated rings. The molecule has 0 bridgehead atoms. The Morgan fingerprint density at radius 3 is 2.53 bits per heavy atom. The van der Waals surface area contributed by atoms with Gasteiger partial charge in [-0.15, -0.1) is 0 Å². The summed E-state index contributed by atoms with van der Waals surface area (Å²) in [6.45, 7) is 5.51. The highest BCUT2D eigenvalue weighted by Crippen LogP contribution is 2.33. The van der Waals surface area contributed by atoms with Gasteiger partial charge in [-0.05, 0) is 56.3 Å². The average Bonchev–Trinajstić information content (AvgIpc) is 2.32. The maximum Gasteiger partial charge on any atom is 0.124 e. The molecule has 0 spiro atoms. The van der Waals surface area contributed by atoms with Gasteiger partial charge in [0, 0.05) is 16.6 Å². The number of rotatable bonds is 4. The summed E-state index contributed by atoms with van der Waals surface area (Å²) in [6, 6.07) is 6.28. The first-order valence-corrected chi connectivity index (χ1v) is 7.97. The molecule has 3 heteroatoms. The van der Waals surface area contributed by atoms with Crippen LogP contribution in [0.4, 0.5) is 0 Å². The SMILES string of the molecule is CNCc1cc(Br)ccc1OC1CC(C)CC(C)C1. The van der Waals surface area contributed by atoms with Crippen LogP contribution >= 0.6 is 15.9 Å². The van der Waals surface area contributed by atoms with Crippen molar-refractivity contribution in [1.82, 2.24) is 5.32 Å². The molecule has 19 heavy (non-hydrogen) atoms. The van der Waals surface area contributed by atoms with Crippen molar-refractivity contribution in [3.8, 4) is 5.75 Å². The fourth-order valence-corrected chi connectivity index (χ4v) is 3.55. The van der Waals surface area contributed by atoms with Crippen LogP contribution in [0.25, 0.3) is 0 Å². The Balaban J connectivity index is 2.09.